The Labute approximate surface area is 189 Å². The number of carbonyl (C=O) groups excluding carboxylic acids is 1. The summed E-state index contributed by atoms with van der Waals surface area (Å²) in [6.07, 6.45) is -0.121. The third-order valence-corrected chi connectivity index (χ3v) is 7.10. The Hall–Kier alpha value is -2.58. The van der Waals surface area contributed by atoms with E-state index in [0.29, 0.717) is 34.4 Å². The van der Waals surface area contributed by atoms with Crippen LogP contribution in [0.2, 0.25) is 5.02 Å². The third kappa shape index (κ3) is 3.29. The van der Waals surface area contributed by atoms with Crippen molar-refractivity contribution in [1.82, 2.24) is 9.88 Å². The Morgan fingerprint density at radius 3 is 2.45 bits per heavy atom. The number of ether oxygens (including phenoxy) is 1. The van der Waals surface area contributed by atoms with Crippen molar-refractivity contribution in [2.24, 2.45) is 10.8 Å². The van der Waals surface area contributed by atoms with Crippen molar-refractivity contribution >= 4 is 17.5 Å². The van der Waals surface area contributed by atoms with Gasteiger partial charge in [0.25, 0.3) is 5.91 Å². The first kappa shape index (κ1) is 21.6. The lowest BCUT2D eigenvalue weighted by Crippen LogP contribution is -2.74. The largest absolute Gasteiger partial charge is 0.489 e. The monoisotopic (exact) mass is 437 g/mol. The molecule has 0 bridgehead atoms. The molecule has 1 aromatic carbocycles. The molecule has 0 saturated heterocycles. The van der Waals surface area contributed by atoms with Gasteiger partial charge in [-0.2, -0.15) is 5.26 Å². The van der Waals surface area contributed by atoms with E-state index >= 15 is 0 Å². The molecule has 2 aromatic rings. The zero-order chi connectivity index (χ0) is 22.7. The molecule has 1 fully saturated rings. The van der Waals surface area contributed by atoms with Crippen LogP contribution in [0.1, 0.15) is 74.8 Å². The summed E-state index contributed by atoms with van der Waals surface area (Å²) in [5.74, 6) is 1.000. The number of halogens is 1. The predicted octanol–water partition coefficient (Wildman–Crippen LogP) is 5.57. The molecule has 1 amide bonds. The molecule has 1 aliphatic carbocycles. The van der Waals surface area contributed by atoms with Crippen LogP contribution in [0.5, 0.6) is 5.75 Å². The van der Waals surface area contributed by atoms with E-state index in [9.17, 15) is 4.79 Å². The molecular formula is C25H28ClN3O2. The minimum Gasteiger partial charge on any atom is -0.489 e. The molecule has 2 aliphatic rings. The fourth-order valence-electron chi connectivity index (χ4n) is 5.76. The van der Waals surface area contributed by atoms with E-state index in [1.165, 1.54) is 0 Å². The number of hydrogen-bond donors (Lipinski definition) is 0. The fourth-order valence-corrected chi connectivity index (χ4v) is 5.98. The first-order chi connectivity index (χ1) is 14.5. The SMILES string of the molecule is CC(C)c1ccc2c(n1)CN([C@H]1C(C)(C)[C@H](Oc3ccc(C#N)c(Cl)c3)C1(C)C)C2=O. The number of nitriles is 1. The number of aromatic nitrogens is 1. The Morgan fingerprint density at radius 2 is 1.87 bits per heavy atom. The molecule has 5 nitrogen and oxygen atoms in total. The second-order valence-corrected chi connectivity index (χ2v) is 10.5. The Kier molecular flexibility index (Phi) is 5.05. The maximum absolute atomic E-state index is 13.3. The van der Waals surface area contributed by atoms with E-state index in [1.807, 2.05) is 17.0 Å². The highest BCUT2D eigenvalue weighted by molar-refractivity contribution is 6.31. The molecule has 0 radical (unpaired) electrons. The van der Waals surface area contributed by atoms with Gasteiger partial charge in [-0.25, -0.2) is 0 Å². The standard InChI is InChI=1S/C25H28ClN3O2/c1-14(2)19-10-9-17-20(28-19)13-29(21(17)30)22-24(3,4)23(25(22,5)6)31-16-8-7-15(12-27)18(26)11-16/h7-11,14,22-23H,13H2,1-6H3/t22-,23-. The Balaban J connectivity index is 1.59. The van der Waals surface area contributed by atoms with Crippen LogP contribution in [0.4, 0.5) is 0 Å². The van der Waals surface area contributed by atoms with Crippen molar-refractivity contribution in [2.75, 3.05) is 0 Å². The summed E-state index contributed by atoms with van der Waals surface area (Å²) in [6, 6.07) is 11.1. The lowest BCUT2D eigenvalue weighted by atomic mass is 9.49. The van der Waals surface area contributed by atoms with Crippen LogP contribution < -0.4 is 4.74 Å². The number of carbonyl (C=O) groups is 1. The first-order valence-electron chi connectivity index (χ1n) is 10.7. The van der Waals surface area contributed by atoms with Gasteiger partial charge in [-0.15, -0.1) is 0 Å². The highest BCUT2D eigenvalue weighted by Crippen LogP contribution is 2.59. The van der Waals surface area contributed by atoms with Gasteiger partial charge in [-0.05, 0) is 30.2 Å². The third-order valence-electron chi connectivity index (χ3n) is 6.79. The van der Waals surface area contributed by atoms with Gasteiger partial charge in [0, 0.05) is 28.6 Å². The number of rotatable bonds is 4. The molecule has 1 saturated carbocycles. The van der Waals surface area contributed by atoms with Crippen LogP contribution in [0, 0.1) is 22.2 Å². The van der Waals surface area contributed by atoms with Crippen molar-refractivity contribution in [3.8, 4) is 11.8 Å². The predicted molar refractivity (Wildman–Crippen MR) is 120 cm³/mol. The molecule has 1 aromatic heterocycles. The molecule has 0 unspecified atom stereocenters. The van der Waals surface area contributed by atoms with Gasteiger partial charge >= 0.3 is 0 Å². The number of benzene rings is 1. The topological polar surface area (TPSA) is 66.2 Å². The van der Waals surface area contributed by atoms with Crippen LogP contribution in [0.25, 0.3) is 0 Å². The summed E-state index contributed by atoms with van der Waals surface area (Å²) < 4.78 is 6.37. The maximum atomic E-state index is 13.3. The van der Waals surface area contributed by atoms with Gasteiger partial charge in [0.15, 0.2) is 0 Å². The molecule has 2 heterocycles. The molecule has 6 heteroatoms. The van der Waals surface area contributed by atoms with Crippen molar-refractivity contribution < 1.29 is 9.53 Å². The molecule has 1 aliphatic heterocycles. The zero-order valence-corrected chi connectivity index (χ0v) is 19.6. The molecule has 162 valence electrons. The molecule has 0 atom stereocenters. The van der Waals surface area contributed by atoms with E-state index < -0.39 is 0 Å². The minimum atomic E-state index is -0.275. The van der Waals surface area contributed by atoms with Gasteiger partial charge in [0.1, 0.15) is 17.9 Å². The summed E-state index contributed by atoms with van der Waals surface area (Å²) in [4.78, 5) is 20.0. The van der Waals surface area contributed by atoms with Gasteiger partial charge < -0.3 is 9.64 Å². The number of amides is 1. The summed E-state index contributed by atoms with van der Waals surface area (Å²) >= 11 is 6.19. The Bertz CT molecular complexity index is 1080. The fraction of sp³-hybridized carbons (Fsp3) is 0.480. The summed E-state index contributed by atoms with van der Waals surface area (Å²) in [7, 11) is 0. The van der Waals surface area contributed by atoms with Gasteiger partial charge in [0.05, 0.1) is 28.4 Å². The average molecular weight is 438 g/mol. The number of fused-ring (bicyclic) bond motifs is 1. The van der Waals surface area contributed by atoms with Crippen molar-refractivity contribution in [1.29, 1.82) is 5.26 Å². The van der Waals surface area contributed by atoms with Gasteiger partial charge in [-0.3, -0.25) is 9.78 Å². The lowest BCUT2D eigenvalue weighted by Gasteiger charge is -2.65. The van der Waals surface area contributed by atoms with Crippen molar-refractivity contribution in [3.63, 3.8) is 0 Å². The van der Waals surface area contributed by atoms with E-state index in [4.69, 9.17) is 26.6 Å². The highest BCUT2D eigenvalue weighted by Gasteiger charge is 2.67. The van der Waals surface area contributed by atoms with E-state index in [-0.39, 0.29) is 28.9 Å². The van der Waals surface area contributed by atoms with Gasteiger partial charge in [-0.1, -0.05) is 53.1 Å². The summed E-state index contributed by atoms with van der Waals surface area (Å²) in [5.41, 5.74) is 2.46. The molecule has 31 heavy (non-hydrogen) atoms. The van der Waals surface area contributed by atoms with Crippen molar-refractivity contribution in [3.05, 3.63) is 57.9 Å². The summed E-state index contributed by atoms with van der Waals surface area (Å²) in [5, 5.41) is 9.48. The zero-order valence-electron chi connectivity index (χ0n) is 18.9. The number of nitrogens with zero attached hydrogens (tertiary/aromatic N) is 3. The Morgan fingerprint density at radius 1 is 1.19 bits per heavy atom. The number of hydrogen-bond acceptors (Lipinski definition) is 4. The minimum absolute atomic E-state index is 0.00283. The van der Waals surface area contributed by atoms with Gasteiger partial charge in [0.2, 0.25) is 0 Å². The molecular weight excluding hydrogens is 410 g/mol. The maximum Gasteiger partial charge on any atom is 0.256 e. The van der Waals surface area contributed by atoms with Crippen molar-refractivity contribution in [2.45, 2.75) is 66.2 Å². The smallest absolute Gasteiger partial charge is 0.256 e. The lowest BCUT2D eigenvalue weighted by molar-refractivity contribution is -0.199. The molecule has 4 rings (SSSR count). The van der Waals surface area contributed by atoms with Crippen LogP contribution in [0.3, 0.4) is 0 Å². The van der Waals surface area contributed by atoms with Crippen LogP contribution in [-0.4, -0.2) is 27.9 Å². The normalized spacial score (nSPS) is 23.3. The molecule has 0 N–H and O–H groups in total. The summed E-state index contributed by atoms with van der Waals surface area (Å²) in [6.45, 7) is 13.3. The first-order valence-corrected chi connectivity index (χ1v) is 11.0. The van der Waals surface area contributed by atoms with Crippen LogP contribution in [-0.2, 0) is 6.54 Å². The highest BCUT2D eigenvalue weighted by atomic mass is 35.5. The molecule has 0 spiro atoms. The van der Waals surface area contributed by atoms with E-state index in [2.05, 4.69) is 47.6 Å². The van der Waals surface area contributed by atoms with Crippen LogP contribution in [0.15, 0.2) is 30.3 Å². The quantitative estimate of drug-likeness (QED) is 0.627. The second-order valence-electron chi connectivity index (χ2n) is 10.1. The average Bonchev–Trinajstić information content (AvgIpc) is 3.00. The van der Waals surface area contributed by atoms with E-state index in [1.54, 1.807) is 18.2 Å². The van der Waals surface area contributed by atoms with E-state index in [0.717, 1.165) is 11.4 Å². The van der Waals surface area contributed by atoms with Crippen LogP contribution >= 0.6 is 11.6 Å². The second kappa shape index (κ2) is 7.24. The number of pyridine rings is 1.